The number of hydrogen-bond donors (Lipinski definition) is 0. The van der Waals surface area contributed by atoms with Crippen LogP contribution in [0.25, 0.3) is 21.7 Å². The van der Waals surface area contributed by atoms with Crippen molar-refractivity contribution in [3.8, 4) is 21.7 Å². The summed E-state index contributed by atoms with van der Waals surface area (Å²) in [5.41, 5.74) is 3.14. The summed E-state index contributed by atoms with van der Waals surface area (Å²) in [5.74, 6) is 0. The van der Waals surface area contributed by atoms with Crippen LogP contribution < -0.4 is 0 Å². The Morgan fingerprint density at radius 3 is 2.25 bits per heavy atom. The van der Waals surface area contributed by atoms with Gasteiger partial charge in [-0.25, -0.2) is 4.98 Å². The molecule has 0 aliphatic carbocycles. The first kappa shape index (κ1) is 13.4. The minimum absolute atomic E-state index is 0.721. The number of rotatable bonds is 2. The third-order valence-electron chi connectivity index (χ3n) is 2.90. The van der Waals surface area contributed by atoms with Crippen LogP contribution in [0.3, 0.4) is 0 Å². The number of aromatic nitrogens is 1. The largest absolute Gasteiger partial charge is 0.245 e. The highest BCUT2D eigenvalue weighted by Gasteiger charge is 2.05. The van der Waals surface area contributed by atoms with Gasteiger partial charge in [-0.15, -0.1) is 11.3 Å². The van der Waals surface area contributed by atoms with E-state index in [-0.39, 0.29) is 0 Å². The fourth-order valence-electron chi connectivity index (χ4n) is 1.88. The summed E-state index contributed by atoms with van der Waals surface area (Å²) >= 11 is 12.9. The maximum atomic E-state index is 5.90. The van der Waals surface area contributed by atoms with Crippen LogP contribution in [-0.2, 0) is 0 Å². The lowest BCUT2D eigenvalue weighted by Gasteiger charge is -2.04. The highest BCUT2D eigenvalue weighted by atomic mass is 35.5. The monoisotopic (exact) mass is 315 g/mol. The summed E-state index contributed by atoms with van der Waals surface area (Å²) in [4.78, 5) is 4.52. The van der Waals surface area contributed by atoms with Gasteiger partial charge in [-0.2, -0.15) is 0 Å². The normalized spacial score (nSPS) is 10.4. The van der Waals surface area contributed by atoms with E-state index in [4.69, 9.17) is 23.8 Å². The third-order valence-corrected chi connectivity index (χ3v) is 4.56. The number of hydrogen-bond acceptors (Lipinski definition) is 3. The van der Waals surface area contributed by atoms with Gasteiger partial charge < -0.3 is 0 Å². The first-order chi connectivity index (χ1) is 9.74. The van der Waals surface area contributed by atoms with Crippen LogP contribution in [0.1, 0.15) is 0 Å². The fraction of sp³-hybridized carbons (Fsp3) is 0. The second-order valence-corrected chi connectivity index (χ2v) is 6.34. The van der Waals surface area contributed by atoms with E-state index < -0.39 is 0 Å². The topological polar surface area (TPSA) is 12.9 Å². The number of nitrogens with zero attached hydrogens (tertiary/aromatic N) is 1. The first-order valence-electron chi connectivity index (χ1n) is 6.05. The van der Waals surface area contributed by atoms with Crippen molar-refractivity contribution in [1.82, 2.24) is 4.98 Å². The Kier molecular flexibility index (Phi) is 3.92. The molecular weight excluding hydrogens is 306 g/mol. The van der Waals surface area contributed by atoms with Crippen LogP contribution in [0.5, 0.6) is 0 Å². The molecule has 3 aromatic rings. The maximum absolute atomic E-state index is 5.90. The van der Waals surface area contributed by atoms with Crippen LogP contribution in [-0.4, -0.2) is 4.98 Å². The highest BCUT2D eigenvalue weighted by molar-refractivity contribution is 7.73. The van der Waals surface area contributed by atoms with Crippen molar-refractivity contribution in [3.05, 3.63) is 69.6 Å². The Bertz CT molecular complexity index is 780. The third kappa shape index (κ3) is 2.80. The van der Waals surface area contributed by atoms with E-state index in [2.05, 4.69) is 4.98 Å². The molecule has 0 fully saturated rings. The molecular formula is C16H10ClNS2. The van der Waals surface area contributed by atoms with Crippen LogP contribution >= 0.6 is 35.2 Å². The smallest absolute Gasteiger partial charge is 0.124 e. The second kappa shape index (κ2) is 5.83. The van der Waals surface area contributed by atoms with Gasteiger partial charge in [-0.05, 0) is 17.7 Å². The molecule has 98 valence electrons. The molecule has 20 heavy (non-hydrogen) atoms. The lowest BCUT2D eigenvalue weighted by Crippen LogP contribution is -1.84. The predicted octanol–water partition coefficient (Wildman–Crippen LogP) is 5.86. The molecule has 3 rings (SSSR count). The van der Waals surface area contributed by atoms with Gasteiger partial charge in [0.1, 0.15) is 8.83 Å². The van der Waals surface area contributed by atoms with Crippen molar-refractivity contribution in [1.29, 1.82) is 0 Å². The zero-order valence-corrected chi connectivity index (χ0v) is 12.8. The van der Waals surface area contributed by atoms with Crippen LogP contribution in [0.2, 0.25) is 5.02 Å². The van der Waals surface area contributed by atoms with E-state index in [1.807, 2.05) is 60.8 Å². The van der Waals surface area contributed by atoms with Gasteiger partial charge in [-0.1, -0.05) is 66.3 Å². The Balaban J connectivity index is 2.04. The first-order valence-corrected chi connectivity index (χ1v) is 7.66. The summed E-state index contributed by atoms with van der Waals surface area (Å²) in [7, 11) is 0. The Labute approximate surface area is 131 Å². The molecule has 0 spiro atoms. The van der Waals surface area contributed by atoms with Gasteiger partial charge in [0.05, 0.1) is 0 Å². The minimum Gasteiger partial charge on any atom is -0.245 e. The molecule has 4 heteroatoms. The minimum atomic E-state index is 0.721. The summed E-state index contributed by atoms with van der Waals surface area (Å²) in [6.45, 7) is 0. The van der Waals surface area contributed by atoms with Gasteiger partial charge in [0.15, 0.2) is 0 Å². The van der Waals surface area contributed by atoms with Crippen molar-refractivity contribution in [2.75, 3.05) is 0 Å². The van der Waals surface area contributed by atoms with E-state index in [0.717, 1.165) is 30.5 Å². The molecule has 1 nitrogen and oxygen atoms in total. The van der Waals surface area contributed by atoms with Crippen molar-refractivity contribution in [2.45, 2.75) is 0 Å². The zero-order chi connectivity index (χ0) is 13.9. The van der Waals surface area contributed by atoms with E-state index >= 15 is 0 Å². The van der Waals surface area contributed by atoms with Gasteiger partial charge in [-0.3, -0.25) is 0 Å². The van der Waals surface area contributed by atoms with Gasteiger partial charge in [0.25, 0.3) is 0 Å². The van der Waals surface area contributed by atoms with E-state index in [0.29, 0.717) is 0 Å². The Morgan fingerprint density at radius 2 is 1.60 bits per heavy atom. The highest BCUT2D eigenvalue weighted by Crippen LogP contribution is 2.29. The van der Waals surface area contributed by atoms with Crippen molar-refractivity contribution in [2.24, 2.45) is 0 Å². The lowest BCUT2D eigenvalue weighted by atomic mass is 10.1. The summed E-state index contributed by atoms with van der Waals surface area (Å²) in [6, 6.07) is 17.7. The molecule has 0 aliphatic heterocycles. The molecule has 0 saturated heterocycles. The molecule has 1 heterocycles. The quantitative estimate of drug-likeness (QED) is 0.549. The summed E-state index contributed by atoms with van der Waals surface area (Å²) in [6.07, 6.45) is 1.85. The van der Waals surface area contributed by atoms with Crippen molar-refractivity contribution < 1.29 is 0 Å². The molecule has 0 unspecified atom stereocenters. The van der Waals surface area contributed by atoms with Crippen molar-refractivity contribution >= 4 is 35.2 Å². The molecule has 0 bridgehead atoms. The summed E-state index contributed by atoms with van der Waals surface area (Å²) < 4.78 is 0.844. The van der Waals surface area contributed by atoms with E-state index in [9.17, 15) is 0 Å². The van der Waals surface area contributed by atoms with Crippen LogP contribution in [0.4, 0.5) is 0 Å². The zero-order valence-electron chi connectivity index (χ0n) is 10.4. The van der Waals surface area contributed by atoms with Gasteiger partial charge in [0, 0.05) is 22.3 Å². The molecule has 0 radical (unpaired) electrons. The maximum Gasteiger partial charge on any atom is 0.124 e. The lowest BCUT2D eigenvalue weighted by molar-refractivity contribution is 1.38. The Hall–Kier alpha value is -1.55. The van der Waals surface area contributed by atoms with Crippen molar-refractivity contribution in [3.63, 3.8) is 0 Å². The summed E-state index contributed by atoms with van der Waals surface area (Å²) in [5, 5.41) is 1.63. The fourth-order valence-corrected chi connectivity index (χ4v) is 3.23. The molecule has 2 aromatic carbocycles. The predicted molar refractivity (Wildman–Crippen MR) is 88.8 cm³/mol. The molecule has 0 amide bonds. The number of benzene rings is 2. The molecule has 1 aromatic heterocycles. The molecule has 0 atom stereocenters. The SMILES string of the molecule is S=c1sc(-c2ccc(Cl)cc2)ncc1-c1ccccc1. The van der Waals surface area contributed by atoms with Gasteiger partial charge in [0.2, 0.25) is 0 Å². The van der Waals surface area contributed by atoms with E-state index in [1.54, 1.807) is 0 Å². The van der Waals surface area contributed by atoms with E-state index in [1.165, 1.54) is 11.3 Å². The average Bonchev–Trinajstić information content (AvgIpc) is 2.49. The standard InChI is InChI=1S/C16H10ClNS2/c17-13-8-6-12(7-9-13)15-18-10-14(16(19)20-15)11-4-2-1-3-5-11/h1-10H. The Morgan fingerprint density at radius 1 is 0.900 bits per heavy atom. The van der Waals surface area contributed by atoms with Crippen LogP contribution in [0, 0.1) is 3.82 Å². The molecule has 0 N–H and O–H groups in total. The second-order valence-electron chi connectivity index (χ2n) is 4.24. The average molecular weight is 316 g/mol. The molecule has 0 aliphatic rings. The van der Waals surface area contributed by atoms with Crippen LogP contribution in [0.15, 0.2) is 60.8 Å². The number of halogens is 1. The van der Waals surface area contributed by atoms with Gasteiger partial charge >= 0.3 is 0 Å². The molecule has 0 saturated carbocycles.